The van der Waals surface area contributed by atoms with Crippen molar-refractivity contribution in [2.45, 2.75) is 67.9 Å². The van der Waals surface area contributed by atoms with Crippen LogP contribution in [0.4, 0.5) is 13.2 Å². The number of hydrogen-bond acceptors (Lipinski definition) is 13. The number of fused-ring (bicyclic) bond motifs is 10. The van der Waals surface area contributed by atoms with Gasteiger partial charge in [-0.25, -0.2) is 4.79 Å². The molecule has 2 fully saturated rings. The predicted octanol–water partition coefficient (Wildman–Crippen LogP) is 5.51. The number of nitrogens with one attached hydrogen (secondary N) is 1. The number of likely N-dealkylation sites (N-methyl/N-ethyl adjacent to an activating group) is 1. The number of aromatic hydroxyl groups is 1. The van der Waals surface area contributed by atoms with Crippen molar-refractivity contribution in [3.05, 3.63) is 80.9 Å². The summed E-state index contributed by atoms with van der Waals surface area (Å²) in [7, 11) is 5.08. The zero-order chi connectivity index (χ0) is 41.2. The number of phenolic OH excluding ortho intramolecular Hbond substituents is 1. The molecule has 0 aromatic heterocycles. The number of esters is 1. The first-order valence-corrected chi connectivity index (χ1v) is 19.6. The topological polar surface area (TPSA) is 152 Å². The summed E-state index contributed by atoms with van der Waals surface area (Å²) < 4.78 is 74.8. The van der Waals surface area contributed by atoms with Gasteiger partial charge in [0.05, 0.1) is 36.1 Å². The lowest BCUT2D eigenvalue weighted by molar-refractivity contribution is -0.152. The minimum atomic E-state index is -4.50. The molecule has 3 aromatic rings. The number of carbonyl (C=O) groups is 2. The third-order valence-corrected chi connectivity index (χ3v) is 13.1. The molecule has 4 bridgehead atoms. The number of carbonyl (C=O) groups excluding carboxylic acids is 2. The van der Waals surface area contributed by atoms with Crippen molar-refractivity contribution in [3.63, 3.8) is 0 Å². The van der Waals surface area contributed by atoms with Crippen molar-refractivity contribution in [3.8, 4) is 34.8 Å². The number of nitrogens with zero attached hydrogens (tertiary/aromatic N) is 3. The third-order valence-electron chi connectivity index (χ3n) is 11.7. The molecule has 7 atom stereocenters. The van der Waals surface area contributed by atoms with Gasteiger partial charge in [0.1, 0.15) is 24.4 Å². The average Bonchev–Trinajstić information content (AvgIpc) is 3.69. The summed E-state index contributed by atoms with van der Waals surface area (Å²) in [5.74, 6) is 0.421. The van der Waals surface area contributed by atoms with Gasteiger partial charge in [0.25, 0.3) is 0 Å². The molecule has 0 saturated carbocycles. The lowest BCUT2D eigenvalue weighted by atomic mass is 9.71. The Kier molecular flexibility index (Phi) is 10.4. The number of rotatable bonds is 7. The van der Waals surface area contributed by atoms with Crippen LogP contribution >= 0.6 is 11.8 Å². The maximum Gasteiger partial charge on any atom is 0.416 e. The molecule has 9 rings (SSSR count). The van der Waals surface area contributed by atoms with E-state index >= 15 is 0 Å². The van der Waals surface area contributed by atoms with E-state index in [-0.39, 0.29) is 37.7 Å². The van der Waals surface area contributed by atoms with E-state index in [0.29, 0.717) is 51.7 Å². The lowest BCUT2D eigenvalue weighted by Gasteiger charge is -2.61. The Morgan fingerprint density at radius 2 is 1.84 bits per heavy atom. The molecule has 1 amide bonds. The molecule has 2 N–H and O–H groups in total. The molecule has 306 valence electrons. The monoisotopic (exact) mass is 822 g/mol. The maximum atomic E-state index is 13.9. The Morgan fingerprint density at radius 3 is 2.53 bits per heavy atom. The van der Waals surface area contributed by atoms with Crippen LogP contribution in [0.5, 0.6) is 28.7 Å². The van der Waals surface area contributed by atoms with E-state index in [1.807, 2.05) is 14.0 Å². The predicted molar refractivity (Wildman–Crippen MR) is 204 cm³/mol. The number of hydrogen-bond donors (Lipinski definition) is 2. The van der Waals surface area contributed by atoms with Crippen molar-refractivity contribution >= 4 is 29.7 Å². The second kappa shape index (κ2) is 15.2. The second-order valence-corrected chi connectivity index (χ2v) is 16.0. The molecule has 58 heavy (non-hydrogen) atoms. The first-order chi connectivity index (χ1) is 27.8. The minimum absolute atomic E-state index is 0.0139. The molecular weight excluding hydrogens is 782 g/mol. The smallest absolute Gasteiger partial charge is 0.416 e. The van der Waals surface area contributed by atoms with E-state index in [1.165, 1.54) is 37.1 Å². The highest BCUT2D eigenvalue weighted by atomic mass is 32.2. The van der Waals surface area contributed by atoms with E-state index in [2.05, 4.69) is 27.3 Å². The third kappa shape index (κ3) is 6.46. The average molecular weight is 823 g/mol. The van der Waals surface area contributed by atoms with E-state index < -0.39 is 59.1 Å². The SMILES string of the molecule is COCOc1c(OC)c(C)cc2c1[C@@H]1C3[C@@H]4SC[C@H](NC(=O)/C=C/c5ccc(C(F)(F)F)cc5)C(=O)OC[C@@H](c5c6c(c(C)c(O)c54)OCO6)N3[C@@H](C#N)[C@H](C2)N1C. The number of amides is 1. The molecule has 2 saturated heterocycles. The van der Waals surface area contributed by atoms with Crippen LogP contribution in [0.1, 0.15) is 61.8 Å². The van der Waals surface area contributed by atoms with Gasteiger partial charge in [-0.05, 0) is 62.2 Å². The number of aryl methyl sites for hydroxylation is 1. The van der Waals surface area contributed by atoms with E-state index in [0.717, 1.165) is 34.9 Å². The molecule has 6 heterocycles. The molecule has 6 aliphatic rings. The molecule has 13 nitrogen and oxygen atoms in total. The Hall–Kier alpha value is -5.15. The number of methoxy groups -OCH3 is 2. The number of thioether (sulfide) groups is 1. The van der Waals surface area contributed by atoms with Gasteiger partial charge in [-0.3, -0.25) is 14.6 Å². The molecule has 0 aliphatic carbocycles. The highest BCUT2D eigenvalue weighted by molar-refractivity contribution is 7.99. The van der Waals surface area contributed by atoms with Crippen LogP contribution in [0.3, 0.4) is 0 Å². The van der Waals surface area contributed by atoms with Gasteiger partial charge in [0.2, 0.25) is 12.7 Å². The molecule has 0 radical (unpaired) electrons. The fourth-order valence-corrected chi connectivity index (χ4v) is 10.7. The van der Waals surface area contributed by atoms with Crippen molar-refractivity contribution < 1.29 is 56.3 Å². The number of piperazine rings is 1. The zero-order valence-corrected chi connectivity index (χ0v) is 33.0. The highest BCUT2D eigenvalue weighted by Gasteiger charge is 2.60. The zero-order valence-electron chi connectivity index (χ0n) is 32.2. The number of phenols is 1. The van der Waals surface area contributed by atoms with E-state index in [9.17, 15) is 33.1 Å². The largest absolute Gasteiger partial charge is 0.507 e. The van der Waals surface area contributed by atoms with Crippen molar-refractivity contribution in [1.29, 1.82) is 5.26 Å². The number of benzene rings is 3. The summed E-state index contributed by atoms with van der Waals surface area (Å²) in [6.45, 7) is 3.27. The fourth-order valence-electron chi connectivity index (χ4n) is 9.22. The van der Waals surface area contributed by atoms with E-state index in [1.54, 1.807) is 14.0 Å². The molecule has 6 aliphatic heterocycles. The summed E-state index contributed by atoms with van der Waals surface area (Å²) in [5.41, 5.74) is 3.81. The van der Waals surface area contributed by atoms with Crippen LogP contribution in [0.15, 0.2) is 36.4 Å². The summed E-state index contributed by atoms with van der Waals surface area (Å²) in [4.78, 5) is 31.4. The lowest BCUT2D eigenvalue weighted by Crippen LogP contribution is -2.69. The van der Waals surface area contributed by atoms with Crippen molar-refractivity contribution in [1.82, 2.24) is 15.1 Å². The number of alkyl halides is 3. The van der Waals surface area contributed by atoms with Gasteiger partial charge < -0.3 is 38.8 Å². The summed E-state index contributed by atoms with van der Waals surface area (Å²) >= 11 is 1.32. The Balaban J connectivity index is 1.23. The number of halogens is 3. The summed E-state index contributed by atoms with van der Waals surface area (Å²) in [5, 5.41) is 25.3. The van der Waals surface area contributed by atoms with E-state index in [4.69, 9.17) is 28.4 Å². The van der Waals surface area contributed by atoms with Crippen LogP contribution in [-0.2, 0) is 31.7 Å². The maximum absolute atomic E-state index is 13.9. The van der Waals surface area contributed by atoms with Gasteiger partial charge in [-0.15, -0.1) is 11.8 Å². The van der Waals surface area contributed by atoms with Gasteiger partial charge in [0, 0.05) is 53.3 Å². The van der Waals surface area contributed by atoms with Crippen LogP contribution in [-0.4, -0.2) is 98.2 Å². The Morgan fingerprint density at radius 1 is 1.10 bits per heavy atom. The van der Waals surface area contributed by atoms with Gasteiger partial charge >= 0.3 is 12.1 Å². The molecule has 1 unspecified atom stereocenters. The first-order valence-electron chi connectivity index (χ1n) is 18.6. The molecular formula is C41H41F3N4O9S. The minimum Gasteiger partial charge on any atom is -0.507 e. The molecule has 0 spiro atoms. The fraction of sp³-hybridized carbons (Fsp3) is 0.439. The van der Waals surface area contributed by atoms with Crippen molar-refractivity contribution in [2.75, 3.05) is 47.2 Å². The van der Waals surface area contributed by atoms with Gasteiger partial charge in [-0.1, -0.05) is 18.2 Å². The Labute approximate surface area is 336 Å². The van der Waals surface area contributed by atoms with Crippen LogP contribution < -0.4 is 24.3 Å². The van der Waals surface area contributed by atoms with Crippen LogP contribution in [0.2, 0.25) is 0 Å². The van der Waals surface area contributed by atoms with Gasteiger partial charge in [0.15, 0.2) is 29.8 Å². The molecule has 17 heteroatoms. The number of ether oxygens (including phenoxy) is 6. The standard InChI is InChI=1S/C41H41F3N4O9S/c1-19-12-22-13-25-26(14-45)48-27-15-54-40(51)24(46-28(49)11-8-21-6-9-23(10-7-21)41(42,43)44)16-58-39(31-30(27)38-36(56-18-57-38)20(2)34(31)50)33(48)32(47(25)3)29(22)37(35(19)53-5)55-17-52-4/h6-12,24-27,32-33,39,50H,13,15-18H2,1-5H3,(H,46,49)/b11-8+/t24-,25-,26-,27-,32+,33?,39+/m0/s1. The summed E-state index contributed by atoms with van der Waals surface area (Å²) in [6.07, 6.45) is -1.51. The van der Waals surface area contributed by atoms with Gasteiger partial charge in [-0.2, -0.15) is 18.4 Å². The first kappa shape index (κ1) is 39.7. The molecule has 3 aromatic carbocycles. The summed E-state index contributed by atoms with van der Waals surface area (Å²) in [6, 6.07) is 5.00. The normalized spacial score (nSPS) is 26.3. The Bertz CT molecular complexity index is 2230. The van der Waals surface area contributed by atoms with Crippen LogP contribution in [0, 0.1) is 25.2 Å². The second-order valence-electron chi connectivity index (χ2n) is 14.9. The van der Waals surface area contributed by atoms with Crippen LogP contribution in [0.25, 0.3) is 6.08 Å². The van der Waals surface area contributed by atoms with Crippen molar-refractivity contribution in [2.24, 2.45) is 0 Å². The highest BCUT2D eigenvalue weighted by Crippen LogP contribution is 2.64. The quantitative estimate of drug-likeness (QED) is 0.175. The number of nitriles is 1.